The van der Waals surface area contributed by atoms with E-state index < -0.39 is 0 Å². The molecule has 0 aliphatic carbocycles. The van der Waals surface area contributed by atoms with Gasteiger partial charge >= 0.3 is 0 Å². The number of hydrogen-bond acceptors (Lipinski definition) is 5. The largest absolute Gasteiger partial charge is 0.493 e. The third-order valence-electron chi connectivity index (χ3n) is 4.52. The summed E-state index contributed by atoms with van der Waals surface area (Å²) in [6, 6.07) is 11.2. The third-order valence-corrected chi connectivity index (χ3v) is 4.52. The minimum absolute atomic E-state index is 0.0380. The van der Waals surface area contributed by atoms with Gasteiger partial charge in [-0.3, -0.25) is 4.79 Å². The van der Waals surface area contributed by atoms with Crippen LogP contribution >= 0.6 is 0 Å². The molecule has 0 spiro atoms. The Hall–Kier alpha value is -3.06. The number of hydrogen-bond donors (Lipinski definition) is 1. The zero-order valence-electron chi connectivity index (χ0n) is 15.1. The normalized spacial score (nSPS) is 16.4. The number of methoxy groups -OCH3 is 1. The Bertz CT molecular complexity index is 914. The molecule has 1 unspecified atom stereocenters. The van der Waals surface area contributed by atoms with Crippen LogP contribution in [-0.4, -0.2) is 35.6 Å². The lowest BCUT2D eigenvalue weighted by Gasteiger charge is -2.13. The maximum Gasteiger partial charge on any atom is 0.229 e. The summed E-state index contributed by atoms with van der Waals surface area (Å²) in [6.45, 7) is 1.40. The van der Waals surface area contributed by atoms with Gasteiger partial charge in [-0.2, -0.15) is 0 Å². The van der Waals surface area contributed by atoms with Gasteiger partial charge in [0.15, 0.2) is 11.5 Å². The second kappa shape index (κ2) is 7.67. The van der Waals surface area contributed by atoms with E-state index in [-0.39, 0.29) is 11.8 Å². The predicted octanol–water partition coefficient (Wildman–Crippen LogP) is 2.90. The van der Waals surface area contributed by atoms with Gasteiger partial charge < -0.3 is 23.9 Å². The van der Waals surface area contributed by atoms with Crippen LogP contribution in [0.1, 0.15) is 12.1 Å². The van der Waals surface area contributed by atoms with E-state index >= 15 is 0 Å². The van der Waals surface area contributed by atoms with Crippen LogP contribution in [0.25, 0.3) is 5.65 Å². The molecule has 140 valence electrons. The first-order valence-electron chi connectivity index (χ1n) is 8.85. The first-order valence-corrected chi connectivity index (χ1v) is 8.85. The molecule has 1 aliphatic heterocycles. The first kappa shape index (κ1) is 17.4. The number of carbonyl (C=O) groups excluding carboxylic acids is 1. The van der Waals surface area contributed by atoms with Crippen molar-refractivity contribution < 1.29 is 19.0 Å². The quantitative estimate of drug-likeness (QED) is 0.725. The Morgan fingerprint density at radius 1 is 1.33 bits per heavy atom. The smallest absolute Gasteiger partial charge is 0.229 e. The second-order valence-corrected chi connectivity index (χ2v) is 6.40. The number of amides is 1. The molecule has 0 saturated carbocycles. The standard InChI is InChI=1S/C20H21N3O4/c1-25-17-6-5-15(22-20(24)14-7-9-26-12-14)10-18(17)27-13-16-11-23-8-3-2-4-19(23)21-16/h2-6,8,10-11,14H,7,9,12-13H2,1H3,(H,22,24). The first-order chi connectivity index (χ1) is 13.2. The van der Waals surface area contributed by atoms with Crippen LogP contribution in [0, 0.1) is 5.92 Å². The van der Waals surface area contributed by atoms with Crippen LogP contribution in [0.15, 0.2) is 48.8 Å². The molecule has 1 aromatic carbocycles. The minimum atomic E-state index is -0.102. The number of aromatic nitrogens is 2. The third kappa shape index (κ3) is 3.88. The summed E-state index contributed by atoms with van der Waals surface area (Å²) in [5.41, 5.74) is 2.33. The van der Waals surface area contributed by atoms with Crippen molar-refractivity contribution in [2.45, 2.75) is 13.0 Å². The van der Waals surface area contributed by atoms with Gasteiger partial charge in [0.1, 0.15) is 12.3 Å². The van der Waals surface area contributed by atoms with Gasteiger partial charge in [-0.15, -0.1) is 0 Å². The van der Waals surface area contributed by atoms with Crippen molar-refractivity contribution in [3.8, 4) is 11.5 Å². The lowest BCUT2D eigenvalue weighted by molar-refractivity contribution is -0.119. The molecule has 0 radical (unpaired) electrons. The summed E-state index contributed by atoms with van der Waals surface area (Å²) in [5.74, 6) is 1.01. The maximum atomic E-state index is 12.3. The number of imidazole rings is 1. The highest BCUT2D eigenvalue weighted by Crippen LogP contribution is 2.31. The summed E-state index contributed by atoms with van der Waals surface area (Å²) < 4.78 is 18.5. The number of carbonyl (C=O) groups is 1. The maximum absolute atomic E-state index is 12.3. The van der Waals surface area contributed by atoms with Crippen molar-refractivity contribution in [1.29, 1.82) is 0 Å². The van der Waals surface area contributed by atoms with Gasteiger partial charge in [0.05, 0.1) is 25.3 Å². The molecule has 3 aromatic rings. The Balaban J connectivity index is 1.47. The zero-order chi connectivity index (χ0) is 18.6. The highest BCUT2D eigenvalue weighted by molar-refractivity contribution is 5.93. The van der Waals surface area contributed by atoms with Crippen LogP contribution < -0.4 is 14.8 Å². The number of benzene rings is 1. The fraction of sp³-hybridized carbons (Fsp3) is 0.300. The van der Waals surface area contributed by atoms with Crippen molar-refractivity contribution in [1.82, 2.24) is 9.38 Å². The summed E-state index contributed by atoms with van der Waals surface area (Å²) in [6.07, 6.45) is 4.61. The van der Waals surface area contributed by atoms with Crippen LogP contribution in [0.4, 0.5) is 5.69 Å². The van der Waals surface area contributed by atoms with E-state index in [0.717, 1.165) is 17.8 Å². The predicted molar refractivity (Wildman–Crippen MR) is 100 cm³/mol. The minimum Gasteiger partial charge on any atom is -0.493 e. The molecule has 7 heteroatoms. The van der Waals surface area contributed by atoms with Crippen molar-refractivity contribution in [2.24, 2.45) is 5.92 Å². The molecule has 1 atom stereocenters. The number of nitrogens with zero attached hydrogens (tertiary/aromatic N) is 2. The van der Waals surface area contributed by atoms with E-state index in [4.69, 9.17) is 14.2 Å². The SMILES string of the molecule is COc1ccc(NC(=O)C2CCOC2)cc1OCc1cn2ccccc2n1. The zero-order valence-corrected chi connectivity index (χ0v) is 15.1. The van der Waals surface area contributed by atoms with Gasteiger partial charge in [-0.1, -0.05) is 6.07 Å². The van der Waals surface area contributed by atoms with Crippen molar-refractivity contribution in [3.63, 3.8) is 0 Å². The molecule has 1 saturated heterocycles. The van der Waals surface area contributed by atoms with Gasteiger partial charge in [0.25, 0.3) is 0 Å². The summed E-state index contributed by atoms with van der Waals surface area (Å²) in [7, 11) is 1.58. The topological polar surface area (TPSA) is 74.1 Å². The molecule has 2 aromatic heterocycles. The van der Waals surface area contributed by atoms with E-state index in [9.17, 15) is 4.79 Å². The lowest BCUT2D eigenvalue weighted by atomic mass is 10.1. The van der Waals surface area contributed by atoms with Crippen LogP contribution in [0.3, 0.4) is 0 Å². The number of anilines is 1. The van der Waals surface area contributed by atoms with Crippen molar-refractivity contribution >= 4 is 17.2 Å². The molecule has 0 bridgehead atoms. The van der Waals surface area contributed by atoms with Gasteiger partial charge in [-0.25, -0.2) is 4.98 Å². The number of ether oxygens (including phenoxy) is 3. The monoisotopic (exact) mass is 367 g/mol. The Kier molecular flexibility index (Phi) is 4.93. The fourth-order valence-corrected chi connectivity index (χ4v) is 3.06. The number of pyridine rings is 1. The van der Waals surface area contributed by atoms with Crippen LogP contribution in [-0.2, 0) is 16.1 Å². The molecular formula is C20H21N3O4. The summed E-state index contributed by atoms with van der Waals surface area (Å²) >= 11 is 0. The molecule has 1 N–H and O–H groups in total. The molecule has 3 heterocycles. The molecule has 4 rings (SSSR count). The highest BCUT2D eigenvalue weighted by atomic mass is 16.5. The Morgan fingerprint density at radius 3 is 3.04 bits per heavy atom. The van der Waals surface area contributed by atoms with E-state index in [0.29, 0.717) is 37.0 Å². The molecular weight excluding hydrogens is 346 g/mol. The van der Waals surface area contributed by atoms with E-state index in [1.54, 1.807) is 25.3 Å². The van der Waals surface area contributed by atoms with Crippen LogP contribution in [0.2, 0.25) is 0 Å². The highest BCUT2D eigenvalue weighted by Gasteiger charge is 2.23. The van der Waals surface area contributed by atoms with E-state index in [2.05, 4.69) is 10.3 Å². The Morgan fingerprint density at radius 2 is 2.26 bits per heavy atom. The number of nitrogens with one attached hydrogen (secondary N) is 1. The van der Waals surface area contributed by atoms with Crippen molar-refractivity contribution in [2.75, 3.05) is 25.6 Å². The fourth-order valence-electron chi connectivity index (χ4n) is 3.06. The molecule has 7 nitrogen and oxygen atoms in total. The second-order valence-electron chi connectivity index (χ2n) is 6.40. The number of fused-ring (bicyclic) bond motifs is 1. The van der Waals surface area contributed by atoms with Gasteiger partial charge in [-0.05, 0) is 30.7 Å². The van der Waals surface area contributed by atoms with E-state index in [1.807, 2.05) is 35.0 Å². The van der Waals surface area contributed by atoms with E-state index in [1.165, 1.54) is 0 Å². The number of rotatable bonds is 6. The Labute approximate surface area is 156 Å². The van der Waals surface area contributed by atoms with Gasteiger partial charge in [0.2, 0.25) is 5.91 Å². The summed E-state index contributed by atoms with van der Waals surface area (Å²) in [5, 5.41) is 2.92. The molecule has 1 fully saturated rings. The average Bonchev–Trinajstić information content (AvgIpc) is 3.36. The molecule has 1 amide bonds. The average molecular weight is 367 g/mol. The molecule has 27 heavy (non-hydrogen) atoms. The van der Waals surface area contributed by atoms with Gasteiger partial charge in [0, 0.05) is 30.8 Å². The molecule has 1 aliphatic rings. The van der Waals surface area contributed by atoms with Crippen LogP contribution in [0.5, 0.6) is 11.5 Å². The van der Waals surface area contributed by atoms with Crippen molar-refractivity contribution in [3.05, 3.63) is 54.5 Å². The lowest BCUT2D eigenvalue weighted by Crippen LogP contribution is -2.22. The summed E-state index contributed by atoms with van der Waals surface area (Å²) in [4.78, 5) is 16.8.